The summed E-state index contributed by atoms with van der Waals surface area (Å²) in [5, 5.41) is 11.5. The van der Waals surface area contributed by atoms with Gasteiger partial charge in [-0.3, -0.25) is 9.59 Å². The van der Waals surface area contributed by atoms with Crippen LogP contribution in [0.5, 0.6) is 0 Å². The third-order valence-corrected chi connectivity index (χ3v) is 4.94. The fraction of sp³-hybridized carbons (Fsp3) is 0.238. The van der Waals surface area contributed by atoms with E-state index >= 15 is 0 Å². The molecule has 4 aromatic rings. The quantitative estimate of drug-likeness (QED) is 0.509. The van der Waals surface area contributed by atoms with Crippen LogP contribution in [0.25, 0.3) is 16.6 Å². The average molecular weight is 445 g/mol. The first-order chi connectivity index (χ1) is 15.1. The highest BCUT2D eigenvalue weighted by Crippen LogP contribution is 2.31. The summed E-state index contributed by atoms with van der Waals surface area (Å²) in [5.41, 5.74) is -0.367. The number of hydrogen-bond acceptors (Lipinski definition) is 5. The molecule has 0 unspecified atom stereocenters. The number of hydrogen-bond donors (Lipinski definition) is 1. The number of rotatable bonds is 5. The van der Waals surface area contributed by atoms with Gasteiger partial charge in [0, 0.05) is 0 Å². The molecule has 0 aliphatic heterocycles. The zero-order valence-corrected chi connectivity index (χ0v) is 17.1. The number of aromatic nitrogens is 4. The Labute approximate surface area is 179 Å². The highest BCUT2D eigenvalue weighted by molar-refractivity contribution is 5.83. The van der Waals surface area contributed by atoms with Gasteiger partial charge < -0.3 is 9.73 Å². The van der Waals surface area contributed by atoms with E-state index in [2.05, 4.69) is 15.5 Å². The predicted octanol–water partition coefficient (Wildman–Crippen LogP) is 3.13. The number of nitrogens with one attached hydrogen (secondary N) is 1. The SMILES string of the molecule is Cc1nn(CC(=O)NCc2ccco2)c(=O)c2nn(-c3cccc(C(F)(F)F)c3)c(C)c12. The molecule has 0 radical (unpaired) electrons. The number of amides is 1. The third-order valence-electron chi connectivity index (χ3n) is 4.94. The second-order valence-electron chi connectivity index (χ2n) is 7.17. The van der Waals surface area contributed by atoms with Crippen LogP contribution in [0.4, 0.5) is 13.2 Å². The van der Waals surface area contributed by atoms with Crippen molar-refractivity contribution < 1.29 is 22.4 Å². The lowest BCUT2D eigenvalue weighted by Gasteiger charge is -2.09. The summed E-state index contributed by atoms with van der Waals surface area (Å²) in [6.07, 6.45) is -3.03. The lowest BCUT2D eigenvalue weighted by Crippen LogP contribution is -2.33. The van der Waals surface area contributed by atoms with Crippen LogP contribution in [-0.2, 0) is 24.1 Å². The van der Waals surface area contributed by atoms with Crippen LogP contribution in [-0.4, -0.2) is 25.5 Å². The van der Waals surface area contributed by atoms with Gasteiger partial charge in [-0.15, -0.1) is 0 Å². The molecule has 0 saturated heterocycles. The number of carbonyl (C=O) groups excluding carboxylic acids is 1. The van der Waals surface area contributed by atoms with Gasteiger partial charge in [-0.2, -0.15) is 23.4 Å². The van der Waals surface area contributed by atoms with Gasteiger partial charge in [-0.1, -0.05) is 6.07 Å². The summed E-state index contributed by atoms with van der Waals surface area (Å²) in [7, 11) is 0. The molecule has 1 amide bonds. The van der Waals surface area contributed by atoms with Gasteiger partial charge in [0.2, 0.25) is 5.91 Å². The maximum absolute atomic E-state index is 13.1. The van der Waals surface area contributed by atoms with Crippen molar-refractivity contribution in [2.75, 3.05) is 0 Å². The summed E-state index contributed by atoms with van der Waals surface area (Å²) in [4.78, 5) is 25.2. The molecule has 1 aromatic carbocycles. The fourth-order valence-corrected chi connectivity index (χ4v) is 3.45. The molecule has 3 aromatic heterocycles. The Kier molecular flexibility index (Phi) is 5.33. The predicted molar refractivity (Wildman–Crippen MR) is 108 cm³/mol. The minimum atomic E-state index is -4.51. The minimum Gasteiger partial charge on any atom is -0.467 e. The highest BCUT2D eigenvalue weighted by atomic mass is 19.4. The Bertz CT molecular complexity index is 1350. The largest absolute Gasteiger partial charge is 0.467 e. The van der Waals surface area contributed by atoms with Crippen molar-refractivity contribution in [1.82, 2.24) is 24.9 Å². The number of fused-ring (bicyclic) bond motifs is 1. The monoisotopic (exact) mass is 445 g/mol. The van der Waals surface area contributed by atoms with Crippen molar-refractivity contribution in [3.8, 4) is 5.69 Å². The second kappa shape index (κ2) is 7.98. The molecule has 11 heteroatoms. The molecule has 4 rings (SSSR count). The minimum absolute atomic E-state index is 0.0197. The first-order valence-electron chi connectivity index (χ1n) is 9.59. The summed E-state index contributed by atoms with van der Waals surface area (Å²) in [6, 6.07) is 8.05. The number of aryl methyl sites for hydroxylation is 2. The molecular weight excluding hydrogens is 427 g/mol. The van der Waals surface area contributed by atoms with Crippen LogP contribution < -0.4 is 10.9 Å². The van der Waals surface area contributed by atoms with Crippen LogP contribution >= 0.6 is 0 Å². The topological polar surface area (TPSA) is 94.9 Å². The lowest BCUT2D eigenvalue weighted by atomic mass is 10.2. The van der Waals surface area contributed by atoms with E-state index in [-0.39, 0.29) is 24.3 Å². The molecule has 166 valence electrons. The molecule has 0 fully saturated rings. The standard InChI is InChI=1S/C21H18F3N5O3/c1-12-18-13(2)29(15-6-3-5-14(9-15)21(22,23)24)27-19(18)20(31)28(26-12)11-17(30)25-10-16-7-4-8-32-16/h3-9H,10-11H2,1-2H3,(H,25,30). The normalized spacial score (nSPS) is 11.8. The van der Waals surface area contributed by atoms with Crippen molar-refractivity contribution in [2.45, 2.75) is 33.1 Å². The number of alkyl halides is 3. The van der Waals surface area contributed by atoms with Crippen LogP contribution in [0.1, 0.15) is 22.7 Å². The number of halogens is 3. The average Bonchev–Trinajstić information content (AvgIpc) is 3.38. The van der Waals surface area contributed by atoms with Crippen LogP contribution in [0.15, 0.2) is 51.9 Å². The second-order valence-corrected chi connectivity index (χ2v) is 7.17. The van der Waals surface area contributed by atoms with Crippen molar-refractivity contribution in [2.24, 2.45) is 0 Å². The molecular formula is C21H18F3N5O3. The van der Waals surface area contributed by atoms with Gasteiger partial charge in [0.15, 0.2) is 5.52 Å². The number of carbonyl (C=O) groups is 1. The van der Waals surface area contributed by atoms with E-state index in [1.807, 2.05) is 0 Å². The molecule has 0 saturated carbocycles. The summed E-state index contributed by atoms with van der Waals surface area (Å²) in [5.74, 6) is 0.101. The number of nitrogens with zero attached hydrogens (tertiary/aromatic N) is 4. The van der Waals surface area contributed by atoms with E-state index < -0.39 is 23.2 Å². The summed E-state index contributed by atoms with van der Waals surface area (Å²) < 4.78 is 46.7. The van der Waals surface area contributed by atoms with Crippen LogP contribution in [0, 0.1) is 13.8 Å². The Morgan fingerprint density at radius 2 is 1.94 bits per heavy atom. The molecule has 3 heterocycles. The van der Waals surface area contributed by atoms with Gasteiger partial charge >= 0.3 is 6.18 Å². The van der Waals surface area contributed by atoms with E-state index in [0.717, 1.165) is 16.8 Å². The molecule has 32 heavy (non-hydrogen) atoms. The van der Waals surface area contributed by atoms with E-state index in [1.165, 1.54) is 23.1 Å². The van der Waals surface area contributed by atoms with Crippen molar-refractivity contribution in [1.29, 1.82) is 0 Å². The molecule has 0 atom stereocenters. The smallest absolute Gasteiger partial charge is 0.416 e. The van der Waals surface area contributed by atoms with Crippen molar-refractivity contribution >= 4 is 16.8 Å². The fourth-order valence-electron chi connectivity index (χ4n) is 3.45. The van der Waals surface area contributed by atoms with E-state index in [0.29, 0.717) is 22.5 Å². The van der Waals surface area contributed by atoms with Crippen LogP contribution in [0.2, 0.25) is 0 Å². The van der Waals surface area contributed by atoms with Crippen molar-refractivity contribution in [3.05, 3.63) is 75.7 Å². The van der Waals surface area contributed by atoms with E-state index in [1.54, 1.807) is 26.0 Å². The number of benzene rings is 1. The molecule has 8 nitrogen and oxygen atoms in total. The Balaban J connectivity index is 1.69. The molecule has 0 spiro atoms. The van der Waals surface area contributed by atoms with E-state index in [4.69, 9.17) is 4.42 Å². The molecule has 0 aliphatic rings. The summed E-state index contributed by atoms with van der Waals surface area (Å²) >= 11 is 0. The summed E-state index contributed by atoms with van der Waals surface area (Å²) in [6.45, 7) is 3.10. The van der Waals surface area contributed by atoms with Crippen molar-refractivity contribution in [3.63, 3.8) is 0 Å². The Hall–Kier alpha value is -3.89. The molecule has 0 bridgehead atoms. The van der Waals surface area contributed by atoms with E-state index in [9.17, 15) is 22.8 Å². The van der Waals surface area contributed by atoms with Crippen LogP contribution in [0.3, 0.4) is 0 Å². The Morgan fingerprint density at radius 1 is 1.16 bits per heavy atom. The zero-order valence-electron chi connectivity index (χ0n) is 17.1. The maximum Gasteiger partial charge on any atom is 0.416 e. The zero-order chi connectivity index (χ0) is 23.0. The van der Waals surface area contributed by atoms with Gasteiger partial charge in [0.1, 0.15) is 12.3 Å². The van der Waals surface area contributed by atoms with Gasteiger partial charge in [-0.25, -0.2) is 9.36 Å². The lowest BCUT2D eigenvalue weighted by molar-refractivity contribution is -0.137. The van der Waals surface area contributed by atoms with Gasteiger partial charge in [0.05, 0.1) is 40.8 Å². The molecule has 0 aliphatic carbocycles. The van der Waals surface area contributed by atoms with Gasteiger partial charge in [-0.05, 0) is 44.2 Å². The highest BCUT2D eigenvalue weighted by Gasteiger charge is 2.31. The third kappa shape index (κ3) is 4.01. The first-order valence-corrected chi connectivity index (χ1v) is 9.59. The van der Waals surface area contributed by atoms with Gasteiger partial charge in [0.25, 0.3) is 5.56 Å². The molecule has 1 N–H and O–H groups in total. The Morgan fingerprint density at radius 3 is 2.62 bits per heavy atom. The first kappa shape index (κ1) is 21.3. The maximum atomic E-state index is 13.1. The number of furan rings is 1.